The highest BCUT2D eigenvalue weighted by molar-refractivity contribution is 7.98. The Balaban J connectivity index is 3.08. The van der Waals surface area contributed by atoms with E-state index in [1.54, 1.807) is 26.4 Å². The van der Waals surface area contributed by atoms with Crippen molar-refractivity contribution < 1.29 is 19.0 Å². The van der Waals surface area contributed by atoms with Crippen molar-refractivity contribution in [3.63, 3.8) is 0 Å². The zero-order chi connectivity index (χ0) is 16.8. The van der Waals surface area contributed by atoms with Gasteiger partial charge in [0, 0.05) is 24.8 Å². The molecule has 0 aliphatic carbocycles. The average Bonchev–Trinajstić information content (AvgIpc) is 2.53. The molecule has 0 fully saturated rings. The summed E-state index contributed by atoms with van der Waals surface area (Å²) in [7, 11) is 4.47. The van der Waals surface area contributed by atoms with Gasteiger partial charge in [0.2, 0.25) is 5.69 Å². The Morgan fingerprint density at radius 3 is 2.41 bits per heavy atom. The smallest absolute Gasteiger partial charge is 0.305 e. The molecule has 6 nitrogen and oxygen atoms in total. The van der Waals surface area contributed by atoms with E-state index in [9.17, 15) is 4.79 Å². The van der Waals surface area contributed by atoms with E-state index in [2.05, 4.69) is 4.74 Å². The van der Waals surface area contributed by atoms with E-state index in [0.717, 1.165) is 5.69 Å². The van der Waals surface area contributed by atoms with E-state index in [0.29, 0.717) is 35.9 Å². The number of carbonyl (C=O) groups is 1. The van der Waals surface area contributed by atoms with Crippen molar-refractivity contribution >= 4 is 35.2 Å². The molecule has 1 atom stereocenters. The van der Waals surface area contributed by atoms with Crippen LogP contribution in [0.5, 0.6) is 11.5 Å². The maximum absolute atomic E-state index is 11.3. The normalized spacial score (nSPS) is 13.4. The predicted octanol–water partition coefficient (Wildman–Crippen LogP) is 2.77. The first kappa shape index (κ1) is 18.9. The molecule has 2 N–H and O–H groups in total. The lowest BCUT2D eigenvalue weighted by molar-refractivity contribution is -0.140. The van der Waals surface area contributed by atoms with Gasteiger partial charge in [-0.05, 0) is 0 Å². The van der Waals surface area contributed by atoms with Crippen LogP contribution in [0, 0.1) is 0 Å². The Morgan fingerprint density at radius 2 is 1.91 bits per heavy atom. The van der Waals surface area contributed by atoms with E-state index in [4.69, 9.17) is 26.9 Å². The Labute approximate surface area is 140 Å². The first-order chi connectivity index (χ1) is 10.4. The molecular formula is C14H22ClN2O4S+. The van der Waals surface area contributed by atoms with Crippen LogP contribution in [0.25, 0.3) is 0 Å². The number of nitrogens with two attached hydrogens (primary N) is 1. The number of carbonyl (C=O) groups excluding carboxylic acids is 1. The number of hydrogen-bond acceptors (Lipinski definition) is 6. The number of halogens is 1. The van der Waals surface area contributed by atoms with Crippen molar-refractivity contribution in [1.29, 1.82) is 0 Å². The van der Waals surface area contributed by atoms with Crippen LogP contribution in [0.15, 0.2) is 12.1 Å². The molecule has 124 valence electrons. The Morgan fingerprint density at radius 1 is 1.27 bits per heavy atom. The number of benzene rings is 1. The second kappa shape index (κ2) is 8.47. The number of nitrogens with zero attached hydrogens (tertiary/aromatic N) is 1. The van der Waals surface area contributed by atoms with Crippen LogP contribution in [0.3, 0.4) is 0 Å². The number of methoxy groups -OCH3 is 3. The number of hydrogen-bond donors (Lipinski definition) is 1. The summed E-state index contributed by atoms with van der Waals surface area (Å²) in [5.41, 5.74) is 0.723. The third-order valence-electron chi connectivity index (χ3n) is 3.29. The molecule has 0 saturated carbocycles. The highest BCUT2D eigenvalue weighted by Crippen LogP contribution is 2.42. The molecule has 0 aliphatic heterocycles. The SMILES string of the molecule is COC(=O)CCC[N+](N)(SC)c1cc(OC)c(Cl)cc1OC. The summed E-state index contributed by atoms with van der Waals surface area (Å²) in [4.78, 5) is 11.3. The van der Waals surface area contributed by atoms with Gasteiger partial charge >= 0.3 is 5.97 Å². The fraction of sp³-hybridized carbons (Fsp3) is 0.500. The van der Waals surface area contributed by atoms with E-state index in [1.165, 1.54) is 19.1 Å². The van der Waals surface area contributed by atoms with Crippen LogP contribution >= 0.6 is 23.5 Å². The summed E-state index contributed by atoms with van der Waals surface area (Å²) in [5.74, 6) is 7.30. The van der Waals surface area contributed by atoms with Crippen molar-refractivity contribution in [2.24, 2.45) is 5.84 Å². The quantitative estimate of drug-likeness (QED) is 0.256. The first-order valence-electron chi connectivity index (χ1n) is 6.63. The van der Waals surface area contributed by atoms with Crippen LogP contribution in [0.1, 0.15) is 12.8 Å². The lowest BCUT2D eigenvalue weighted by atomic mass is 10.2. The Kier molecular flexibility index (Phi) is 7.28. The molecule has 1 unspecified atom stereocenters. The van der Waals surface area contributed by atoms with Gasteiger partial charge in [0.1, 0.15) is 12.3 Å². The number of quaternary nitrogens is 1. The average molecular weight is 350 g/mol. The van der Waals surface area contributed by atoms with Gasteiger partial charge in [-0.25, -0.2) is 0 Å². The van der Waals surface area contributed by atoms with Gasteiger partial charge in [-0.1, -0.05) is 11.6 Å². The van der Waals surface area contributed by atoms with Gasteiger partial charge < -0.3 is 14.2 Å². The largest absolute Gasteiger partial charge is 0.495 e. The number of rotatable bonds is 8. The zero-order valence-electron chi connectivity index (χ0n) is 13.2. The second-order valence-electron chi connectivity index (χ2n) is 4.54. The Hall–Kier alpha value is -1.15. The summed E-state index contributed by atoms with van der Waals surface area (Å²) >= 11 is 7.54. The van der Waals surface area contributed by atoms with Crippen LogP contribution in [-0.4, -0.2) is 40.1 Å². The molecule has 0 radical (unpaired) electrons. The zero-order valence-corrected chi connectivity index (χ0v) is 14.8. The van der Waals surface area contributed by atoms with E-state index >= 15 is 0 Å². The Bertz CT molecular complexity index is 530. The van der Waals surface area contributed by atoms with Crippen molar-refractivity contribution in [2.45, 2.75) is 12.8 Å². The molecule has 8 heteroatoms. The molecule has 22 heavy (non-hydrogen) atoms. The summed E-state index contributed by atoms with van der Waals surface area (Å²) in [5, 5.41) is 0.449. The standard InChI is InChI=1S/C14H22ClN2O4S/c1-19-12-9-11(13(20-2)8-10(12)15)17(16,22-4)7-5-6-14(18)21-3/h8-9H,5-7,16H2,1-4H3/q+1. The van der Waals surface area contributed by atoms with E-state index in [-0.39, 0.29) is 9.97 Å². The first-order valence-corrected chi connectivity index (χ1v) is 8.19. The van der Waals surface area contributed by atoms with Crippen LogP contribution in [0.2, 0.25) is 5.02 Å². The summed E-state index contributed by atoms with van der Waals surface area (Å²) in [6, 6.07) is 3.43. The third kappa shape index (κ3) is 4.42. The molecule has 0 amide bonds. The van der Waals surface area contributed by atoms with Crippen molar-refractivity contribution in [1.82, 2.24) is 4.00 Å². The minimum atomic E-state index is -0.256. The predicted molar refractivity (Wildman–Crippen MR) is 90.2 cm³/mol. The fourth-order valence-corrected chi connectivity index (χ4v) is 2.89. The third-order valence-corrected chi connectivity index (χ3v) is 4.61. The fourth-order valence-electron chi connectivity index (χ4n) is 2.01. The van der Waals surface area contributed by atoms with Gasteiger partial charge in [-0.15, -0.1) is 0 Å². The summed E-state index contributed by atoms with van der Waals surface area (Å²) in [6.07, 6.45) is 2.78. The van der Waals surface area contributed by atoms with E-state index in [1.807, 2.05) is 6.26 Å². The van der Waals surface area contributed by atoms with Crippen LogP contribution in [0.4, 0.5) is 5.69 Å². The molecule has 0 aliphatic rings. The molecule has 0 heterocycles. The van der Waals surface area contributed by atoms with Gasteiger partial charge in [-0.2, -0.15) is 9.84 Å². The lowest BCUT2D eigenvalue weighted by Crippen LogP contribution is -2.50. The van der Waals surface area contributed by atoms with Gasteiger partial charge in [0.15, 0.2) is 5.75 Å². The second-order valence-corrected chi connectivity index (χ2v) is 5.96. The highest BCUT2D eigenvalue weighted by Gasteiger charge is 2.32. The molecule has 0 saturated heterocycles. The van der Waals surface area contributed by atoms with Crippen molar-refractivity contribution in [3.8, 4) is 11.5 Å². The van der Waals surface area contributed by atoms with E-state index < -0.39 is 0 Å². The molecule has 0 aromatic heterocycles. The maximum Gasteiger partial charge on any atom is 0.305 e. The van der Waals surface area contributed by atoms with Crippen LogP contribution in [-0.2, 0) is 9.53 Å². The minimum absolute atomic E-state index is 0.0354. The number of esters is 1. The molecular weight excluding hydrogens is 328 g/mol. The molecule has 0 bridgehead atoms. The molecule has 1 rings (SSSR count). The lowest BCUT2D eigenvalue weighted by Gasteiger charge is -2.29. The summed E-state index contributed by atoms with van der Waals surface area (Å²) < 4.78 is 15.3. The van der Waals surface area contributed by atoms with Crippen molar-refractivity contribution in [3.05, 3.63) is 17.2 Å². The van der Waals surface area contributed by atoms with Crippen LogP contribution < -0.4 is 19.3 Å². The van der Waals surface area contributed by atoms with Gasteiger partial charge in [0.05, 0.1) is 44.7 Å². The monoisotopic (exact) mass is 349 g/mol. The minimum Gasteiger partial charge on any atom is -0.495 e. The highest BCUT2D eigenvalue weighted by atomic mass is 35.5. The van der Waals surface area contributed by atoms with Crippen molar-refractivity contribution in [2.75, 3.05) is 34.1 Å². The topological polar surface area (TPSA) is 70.8 Å². The van der Waals surface area contributed by atoms with Gasteiger partial charge in [0.25, 0.3) is 0 Å². The number of ether oxygens (including phenoxy) is 3. The molecule has 0 spiro atoms. The molecule has 1 aromatic carbocycles. The van der Waals surface area contributed by atoms with Gasteiger partial charge in [-0.3, -0.25) is 4.79 Å². The summed E-state index contributed by atoms with van der Waals surface area (Å²) in [6.45, 7) is 0.525. The maximum atomic E-state index is 11.3. The molecule has 1 aromatic rings.